The number of carbonyl (C=O) groups is 3. The van der Waals surface area contributed by atoms with Crippen molar-refractivity contribution in [3.8, 4) is 11.8 Å². The summed E-state index contributed by atoms with van der Waals surface area (Å²) in [6, 6.07) is 17.7. The molecule has 5 rings (SSSR count). The van der Waals surface area contributed by atoms with Crippen LogP contribution in [0.1, 0.15) is 42.3 Å². The summed E-state index contributed by atoms with van der Waals surface area (Å²) in [7, 11) is -3.83. The molecular weight excluding hydrogens is 512 g/mol. The lowest BCUT2D eigenvalue weighted by Crippen LogP contribution is -2.29. The van der Waals surface area contributed by atoms with E-state index in [2.05, 4.69) is 10.3 Å². The second-order valence-electron chi connectivity index (χ2n) is 8.13. The Labute approximate surface area is 215 Å². The lowest BCUT2D eigenvalue weighted by atomic mass is 10.1. The van der Waals surface area contributed by atoms with Crippen molar-refractivity contribution in [2.24, 2.45) is 5.14 Å². The Kier molecular flexibility index (Phi) is 6.03. The summed E-state index contributed by atoms with van der Waals surface area (Å²) in [6.45, 7) is -0.227. The molecule has 38 heavy (non-hydrogen) atoms. The Hall–Kier alpha value is -5.19. The van der Waals surface area contributed by atoms with Crippen LogP contribution in [0, 0.1) is 11.3 Å². The highest BCUT2D eigenvalue weighted by Crippen LogP contribution is 2.29. The predicted octanol–water partition coefficient (Wildman–Crippen LogP) is 1.94. The van der Waals surface area contributed by atoms with Gasteiger partial charge in [-0.1, -0.05) is 5.21 Å². The van der Waals surface area contributed by atoms with E-state index in [-0.39, 0.29) is 28.2 Å². The second-order valence-corrected chi connectivity index (χ2v) is 9.70. The predicted molar refractivity (Wildman–Crippen MR) is 131 cm³/mol. The Bertz CT molecular complexity index is 1760. The molecule has 1 aliphatic heterocycles. The highest BCUT2D eigenvalue weighted by molar-refractivity contribution is 7.89. The maximum Gasteiger partial charge on any atom is 0.338 e. The highest BCUT2D eigenvalue weighted by atomic mass is 32.2. The van der Waals surface area contributed by atoms with E-state index >= 15 is 0 Å². The normalized spacial score (nSPS) is 12.8. The number of nitrogens with two attached hydrogens (primary N) is 1. The van der Waals surface area contributed by atoms with Gasteiger partial charge in [0.1, 0.15) is 12.3 Å². The van der Waals surface area contributed by atoms with Crippen molar-refractivity contribution in [3.63, 3.8) is 0 Å². The minimum absolute atomic E-state index is 0.0509. The summed E-state index contributed by atoms with van der Waals surface area (Å²) in [5.41, 5.74) is 1.79. The number of rotatable bonds is 6. The zero-order chi connectivity index (χ0) is 27.0. The molecule has 4 aromatic rings. The number of hydrogen-bond donors (Lipinski definition) is 1. The summed E-state index contributed by atoms with van der Waals surface area (Å²) in [6.07, 6.45) is 1.50. The first-order valence-corrected chi connectivity index (χ1v) is 12.4. The Morgan fingerprint density at radius 2 is 1.61 bits per heavy atom. The quantitative estimate of drug-likeness (QED) is 0.289. The maximum atomic E-state index is 13.0. The summed E-state index contributed by atoms with van der Waals surface area (Å²) >= 11 is 0. The van der Waals surface area contributed by atoms with Crippen LogP contribution in [0.4, 0.5) is 5.69 Å². The van der Waals surface area contributed by atoms with Crippen molar-refractivity contribution < 1.29 is 27.5 Å². The topological polar surface area (TPSA) is 178 Å². The molecule has 0 bridgehead atoms. The van der Waals surface area contributed by atoms with Gasteiger partial charge < -0.3 is 4.74 Å². The largest absolute Gasteiger partial charge is 0.455 e. The first kappa shape index (κ1) is 24.5. The van der Waals surface area contributed by atoms with Crippen LogP contribution in [0.3, 0.4) is 0 Å². The van der Waals surface area contributed by atoms with Crippen molar-refractivity contribution in [3.05, 3.63) is 101 Å². The van der Waals surface area contributed by atoms with Gasteiger partial charge in [-0.15, -0.1) is 5.10 Å². The molecule has 2 amide bonds. The van der Waals surface area contributed by atoms with Crippen LogP contribution >= 0.6 is 0 Å². The van der Waals surface area contributed by atoms with Crippen LogP contribution in [0.2, 0.25) is 0 Å². The van der Waals surface area contributed by atoms with Gasteiger partial charge in [-0.25, -0.2) is 27.9 Å². The number of anilines is 1. The summed E-state index contributed by atoms with van der Waals surface area (Å²) < 4.78 is 29.5. The molecule has 0 radical (unpaired) electrons. The van der Waals surface area contributed by atoms with Gasteiger partial charge in [-0.05, 0) is 66.7 Å². The highest BCUT2D eigenvalue weighted by Gasteiger charge is 2.37. The average Bonchev–Trinajstić information content (AvgIpc) is 3.49. The van der Waals surface area contributed by atoms with Crippen molar-refractivity contribution in [1.29, 1.82) is 5.26 Å². The number of sulfonamides is 1. The van der Waals surface area contributed by atoms with E-state index in [0.717, 1.165) is 4.90 Å². The van der Waals surface area contributed by atoms with E-state index in [1.807, 2.05) is 6.07 Å². The molecule has 1 aliphatic rings. The summed E-state index contributed by atoms with van der Waals surface area (Å²) in [5.74, 6) is -1.87. The number of primary sulfonamides is 1. The van der Waals surface area contributed by atoms with E-state index in [9.17, 15) is 22.8 Å². The Balaban J connectivity index is 1.27. The van der Waals surface area contributed by atoms with Gasteiger partial charge >= 0.3 is 5.97 Å². The minimum atomic E-state index is -3.83. The Morgan fingerprint density at radius 3 is 2.26 bits per heavy atom. The number of ether oxygens (including phenoxy) is 1. The number of nitrogens with zero attached hydrogens (tertiary/aromatic N) is 5. The van der Waals surface area contributed by atoms with Gasteiger partial charge in [0.2, 0.25) is 10.0 Å². The third-order valence-electron chi connectivity index (χ3n) is 5.70. The van der Waals surface area contributed by atoms with E-state index in [1.54, 1.807) is 0 Å². The van der Waals surface area contributed by atoms with Crippen LogP contribution in [-0.4, -0.2) is 41.2 Å². The van der Waals surface area contributed by atoms with Gasteiger partial charge in [-0.3, -0.25) is 9.59 Å². The minimum Gasteiger partial charge on any atom is -0.455 e. The van der Waals surface area contributed by atoms with Crippen LogP contribution in [-0.2, 0) is 21.4 Å². The third kappa shape index (κ3) is 4.52. The van der Waals surface area contributed by atoms with E-state index in [1.165, 1.54) is 77.6 Å². The van der Waals surface area contributed by atoms with Gasteiger partial charge in [0.05, 0.1) is 50.8 Å². The third-order valence-corrected chi connectivity index (χ3v) is 6.63. The monoisotopic (exact) mass is 528 g/mol. The lowest BCUT2D eigenvalue weighted by molar-refractivity contribution is 0.0467. The molecule has 0 unspecified atom stereocenters. The number of benzene rings is 3. The number of esters is 1. The molecule has 0 saturated heterocycles. The van der Waals surface area contributed by atoms with Gasteiger partial charge in [-0.2, -0.15) is 5.26 Å². The van der Waals surface area contributed by atoms with Crippen LogP contribution in [0.5, 0.6) is 0 Å². The number of aromatic nitrogens is 3. The van der Waals surface area contributed by atoms with Crippen LogP contribution in [0.15, 0.2) is 77.8 Å². The SMILES string of the molecule is N#Cc1ccc(N2C(=O)c3ccc(C(=O)OCc4cn(-c5ccc(S(N)(=O)=O)cc5)nn4)cc3C2=O)cc1. The van der Waals surface area contributed by atoms with Crippen molar-refractivity contribution in [2.75, 3.05) is 4.90 Å². The lowest BCUT2D eigenvalue weighted by Gasteiger charge is -2.13. The number of hydrogen-bond acceptors (Lipinski definition) is 9. The van der Waals surface area contributed by atoms with Gasteiger partial charge in [0.15, 0.2) is 0 Å². The molecule has 2 N–H and O–H groups in total. The molecule has 0 saturated carbocycles. The molecule has 13 heteroatoms. The van der Waals surface area contributed by atoms with Crippen LogP contribution < -0.4 is 10.0 Å². The number of amides is 2. The van der Waals surface area contributed by atoms with Crippen molar-refractivity contribution in [2.45, 2.75) is 11.5 Å². The van der Waals surface area contributed by atoms with E-state index < -0.39 is 27.8 Å². The number of nitriles is 1. The molecule has 3 aromatic carbocycles. The van der Waals surface area contributed by atoms with Crippen molar-refractivity contribution in [1.82, 2.24) is 15.0 Å². The van der Waals surface area contributed by atoms with E-state index in [4.69, 9.17) is 15.1 Å². The number of carbonyl (C=O) groups excluding carboxylic acids is 3. The molecule has 188 valence electrons. The van der Waals surface area contributed by atoms with E-state index in [0.29, 0.717) is 22.6 Å². The maximum absolute atomic E-state index is 13.0. The van der Waals surface area contributed by atoms with Crippen molar-refractivity contribution >= 4 is 33.5 Å². The number of imide groups is 1. The fourth-order valence-electron chi connectivity index (χ4n) is 3.79. The molecule has 0 fully saturated rings. The van der Waals surface area contributed by atoms with Gasteiger partial charge in [0.25, 0.3) is 11.8 Å². The fourth-order valence-corrected chi connectivity index (χ4v) is 4.30. The van der Waals surface area contributed by atoms with Gasteiger partial charge in [0, 0.05) is 0 Å². The molecule has 0 spiro atoms. The smallest absolute Gasteiger partial charge is 0.338 e. The first-order valence-electron chi connectivity index (χ1n) is 10.9. The summed E-state index contributed by atoms with van der Waals surface area (Å²) in [4.78, 5) is 39.3. The molecule has 0 atom stereocenters. The fraction of sp³-hybridized carbons (Fsp3) is 0.0400. The zero-order valence-corrected chi connectivity index (χ0v) is 20.1. The standard InChI is InChI=1S/C25H16N6O6S/c26-12-15-1-4-19(5-2-15)31-23(32)21-10-3-16(11-22(21)24(31)33)25(34)37-14-17-13-30(29-28-17)18-6-8-20(9-7-18)38(27,35)36/h1-11,13H,14H2,(H2,27,35,36). The number of fused-ring (bicyclic) bond motifs is 1. The first-order chi connectivity index (χ1) is 18.2. The van der Waals surface area contributed by atoms with Crippen LogP contribution in [0.25, 0.3) is 5.69 Å². The molecular formula is C25H16N6O6S. The Morgan fingerprint density at radius 1 is 0.947 bits per heavy atom. The summed E-state index contributed by atoms with van der Waals surface area (Å²) in [5, 5.41) is 21.9. The average molecular weight is 529 g/mol. The molecule has 12 nitrogen and oxygen atoms in total. The molecule has 1 aromatic heterocycles. The molecule has 2 heterocycles. The second kappa shape index (κ2) is 9.36. The zero-order valence-electron chi connectivity index (χ0n) is 19.3. The molecule has 0 aliphatic carbocycles.